The third kappa shape index (κ3) is 35.9. The minimum Gasteiger partial charge on any atom is -0.369 e. The molecular formula is C42H87N2O5P. The number of hydrogen-bond donors (Lipinski definition) is 2. The molecule has 50 heavy (non-hydrogen) atoms. The van der Waals surface area contributed by atoms with Crippen molar-refractivity contribution in [3.8, 4) is 0 Å². The van der Waals surface area contributed by atoms with E-state index in [9.17, 15) is 9.36 Å². The molecule has 300 valence electrons. The number of phosphoric ester groups is 1. The van der Waals surface area contributed by atoms with Crippen LogP contribution < -0.4 is 11.5 Å². The van der Waals surface area contributed by atoms with Crippen LogP contribution in [0, 0.1) is 0 Å². The quantitative estimate of drug-likeness (QED) is 0.0474. The standard InChI is InChI=1S/C42H87N2O5P/c1-3-5-7-9-11-13-15-17-19-21-23-25-27-29-31-35-39-47-50(46,49-42(45)41(44)37-33-34-38-43)48-40-36-32-30-28-26-24-22-20-18-16-14-12-10-8-6-4-2/h41H,3-40,43-44H2,1-2H3/t41-/m0/s1. The van der Waals surface area contributed by atoms with Gasteiger partial charge in [-0.1, -0.05) is 213 Å². The minimum atomic E-state index is -4.00. The molecule has 4 N–H and O–H groups in total. The molecule has 0 amide bonds. The number of phosphoric acid groups is 1. The van der Waals surface area contributed by atoms with Crippen molar-refractivity contribution in [1.29, 1.82) is 0 Å². The molecule has 0 saturated carbocycles. The van der Waals surface area contributed by atoms with Gasteiger partial charge in [-0.3, -0.25) is 9.05 Å². The molecule has 1 atom stereocenters. The van der Waals surface area contributed by atoms with E-state index in [4.69, 9.17) is 25.0 Å². The van der Waals surface area contributed by atoms with Gasteiger partial charge in [0, 0.05) is 0 Å². The predicted octanol–water partition coefficient (Wildman–Crippen LogP) is 13.7. The molecule has 0 radical (unpaired) electrons. The summed E-state index contributed by atoms with van der Waals surface area (Å²) in [5, 5.41) is 0. The van der Waals surface area contributed by atoms with Crippen LogP contribution in [0.4, 0.5) is 0 Å². The van der Waals surface area contributed by atoms with Gasteiger partial charge >= 0.3 is 13.8 Å². The van der Waals surface area contributed by atoms with Gasteiger partial charge in [-0.15, -0.1) is 0 Å². The smallest absolute Gasteiger partial charge is 0.369 e. The summed E-state index contributed by atoms with van der Waals surface area (Å²) in [6, 6.07) is -0.854. The molecule has 0 aliphatic rings. The molecule has 0 aromatic carbocycles. The molecule has 0 rings (SSSR count). The summed E-state index contributed by atoms with van der Waals surface area (Å²) in [5.41, 5.74) is 11.6. The Balaban J connectivity index is 4.08. The van der Waals surface area contributed by atoms with E-state index in [1.807, 2.05) is 0 Å². The highest BCUT2D eigenvalue weighted by Crippen LogP contribution is 2.50. The SMILES string of the molecule is CCCCCCCCCCCCCCCCCCOP(=O)(OCCCCCCCCCCCCCCCCCC)OC(=O)[C@@H](N)CCCCN. The lowest BCUT2D eigenvalue weighted by Gasteiger charge is -2.19. The van der Waals surface area contributed by atoms with E-state index in [0.29, 0.717) is 13.0 Å². The Labute approximate surface area is 311 Å². The molecular weight excluding hydrogens is 643 g/mol. The summed E-state index contributed by atoms with van der Waals surface area (Å²) >= 11 is 0. The lowest BCUT2D eigenvalue weighted by atomic mass is 10.0. The molecule has 0 heterocycles. The van der Waals surface area contributed by atoms with Gasteiger partial charge in [0.15, 0.2) is 0 Å². The first-order chi connectivity index (χ1) is 24.5. The molecule has 0 fully saturated rings. The Kier molecular flexibility index (Phi) is 39.4. The topological polar surface area (TPSA) is 114 Å². The second-order valence-electron chi connectivity index (χ2n) is 15.0. The van der Waals surface area contributed by atoms with Crippen molar-refractivity contribution >= 4 is 13.8 Å². The Bertz CT molecular complexity index is 699. The Morgan fingerprint density at radius 1 is 0.460 bits per heavy atom. The van der Waals surface area contributed by atoms with Gasteiger partial charge < -0.3 is 16.0 Å². The zero-order chi connectivity index (χ0) is 36.6. The van der Waals surface area contributed by atoms with E-state index in [2.05, 4.69) is 13.8 Å². The molecule has 0 spiro atoms. The molecule has 0 aliphatic heterocycles. The van der Waals surface area contributed by atoms with Crippen molar-refractivity contribution in [2.45, 2.75) is 245 Å². The number of nitrogens with two attached hydrogens (primary N) is 2. The zero-order valence-electron chi connectivity index (χ0n) is 33.6. The van der Waals surface area contributed by atoms with Crippen LogP contribution in [0.5, 0.6) is 0 Å². The predicted molar refractivity (Wildman–Crippen MR) is 216 cm³/mol. The first kappa shape index (κ1) is 49.5. The van der Waals surface area contributed by atoms with Gasteiger partial charge in [-0.05, 0) is 32.2 Å². The van der Waals surface area contributed by atoms with Crippen LogP contribution in [0.1, 0.15) is 239 Å². The van der Waals surface area contributed by atoms with Crippen LogP contribution in [0.15, 0.2) is 0 Å². The molecule has 0 aromatic rings. The van der Waals surface area contributed by atoms with E-state index in [-0.39, 0.29) is 13.2 Å². The van der Waals surface area contributed by atoms with Gasteiger partial charge in [0.05, 0.1) is 13.2 Å². The first-order valence-corrected chi connectivity index (χ1v) is 23.5. The summed E-state index contributed by atoms with van der Waals surface area (Å²) in [7, 11) is -4.00. The average Bonchev–Trinajstić information content (AvgIpc) is 3.11. The molecule has 0 saturated heterocycles. The van der Waals surface area contributed by atoms with Crippen LogP contribution in [-0.2, 0) is 22.9 Å². The normalized spacial score (nSPS) is 12.5. The second-order valence-corrected chi connectivity index (χ2v) is 16.6. The highest BCUT2D eigenvalue weighted by atomic mass is 31.2. The first-order valence-electron chi connectivity index (χ1n) is 22.1. The fourth-order valence-electron chi connectivity index (χ4n) is 6.55. The summed E-state index contributed by atoms with van der Waals surface area (Å²) in [6.07, 6.45) is 43.1. The van der Waals surface area contributed by atoms with Crippen molar-refractivity contribution in [3.05, 3.63) is 0 Å². The average molecular weight is 731 g/mol. The van der Waals surface area contributed by atoms with Crippen LogP contribution in [0.3, 0.4) is 0 Å². The molecule has 0 aliphatic carbocycles. The lowest BCUT2D eigenvalue weighted by Crippen LogP contribution is -2.32. The van der Waals surface area contributed by atoms with Gasteiger partial charge in [0.1, 0.15) is 6.04 Å². The van der Waals surface area contributed by atoms with Crippen molar-refractivity contribution in [2.75, 3.05) is 19.8 Å². The maximum atomic E-state index is 13.4. The van der Waals surface area contributed by atoms with E-state index >= 15 is 0 Å². The minimum absolute atomic E-state index is 0.254. The van der Waals surface area contributed by atoms with Crippen molar-refractivity contribution in [3.63, 3.8) is 0 Å². The number of carbonyl (C=O) groups is 1. The molecule has 0 bridgehead atoms. The van der Waals surface area contributed by atoms with Crippen LogP contribution in [0.2, 0.25) is 0 Å². The highest BCUT2D eigenvalue weighted by Gasteiger charge is 2.33. The fourth-order valence-corrected chi connectivity index (χ4v) is 7.79. The number of carbonyl (C=O) groups excluding carboxylic acids is 1. The second kappa shape index (κ2) is 39.7. The van der Waals surface area contributed by atoms with E-state index < -0.39 is 19.8 Å². The fraction of sp³-hybridized carbons (Fsp3) is 0.976. The lowest BCUT2D eigenvalue weighted by molar-refractivity contribution is -0.138. The summed E-state index contributed by atoms with van der Waals surface area (Å²) in [5.74, 6) is -0.718. The highest BCUT2D eigenvalue weighted by molar-refractivity contribution is 7.49. The number of rotatable bonds is 42. The molecule has 0 aromatic heterocycles. The summed E-state index contributed by atoms with van der Waals surface area (Å²) in [6.45, 7) is 5.61. The maximum Gasteiger partial charge on any atom is 0.532 e. The monoisotopic (exact) mass is 731 g/mol. The van der Waals surface area contributed by atoms with E-state index in [1.54, 1.807) is 0 Å². The Morgan fingerprint density at radius 2 is 0.740 bits per heavy atom. The van der Waals surface area contributed by atoms with Crippen LogP contribution >= 0.6 is 7.82 Å². The van der Waals surface area contributed by atoms with Crippen molar-refractivity contribution < 1.29 is 22.9 Å². The van der Waals surface area contributed by atoms with Gasteiger partial charge in [-0.25, -0.2) is 9.36 Å². The number of hydrogen-bond acceptors (Lipinski definition) is 7. The van der Waals surface area contributed by atoms with Crippen LogP contribution in [0.25, 0.3) is 0 Å². The third-order valence-electron chi connectivity index (χ3n) is 9.97. The van der Waals surface area contributed by atoms with Gasteiger partial charge in [0.2, 0.25) is 0 Å². The van der Waals surface area contributed by atoms with Gasteiger partial charge in [0.25, 0.3) is 0 Å². The third-order valence-corrected chi connectivity index (χ3v) is 11.4. The largest absolute Gasteiger partial charge is 0.532 e. The summed E-state index contributed by atoms with van der Waals surface area (Å²) < 4.78 is 30.0. The van der Waals surface area contributed by atoms with Crippen LogP contribution in [-0.4, -0.2) is 31.8 Å². The van der Waals surface area contributed by atoms with Crippen molar-refractivity contribution in [2.24, 2.45) is 11.5 Å². The van der Waals surface area contributed by atoms with Crippen molar-refractivity contribution in [1.82, 2.24) is 0 Å². The number of unbranched alkanes of at least 4 members (excludes halogenated alkanes) is 31. The van der Waals surface area contributed by atoms with E-state index in [1.165, 1.54) is 167 Å². The molecule has 8 heteroatoms. The van der Waals surface area contributed by atoms with E-state index in [0.717, 1.165) is 51.4 Å². The zero-order valence-corrected chi connectivity index (χ0v) is 34.5. The van der Waals surface area contributed by atoms with Gasteiger partial charge in [-0.2, -0.15) is 0 Å². The Morgan fingerprint density at radius 3 is 1.02 bits per heavy atom. The molecule has 0 unspecified atom stereocenters. The molecule has 7 nitrogen and oxygen atoms in total. The Hall–Kier alpha value is -0.460. The summed E-state index contributed by atoms with van der Waals surface area (Å²) in [4.78, 5) is 12.6. The maximum absolute atomic E-state index is 13.4.